The number of hydrogen-bond donors (Lipinski definition) is 1. The molecular weight excluding hydrogens is 257 g/mol. The topological polar surface area (TPSA) is 40.5 Å². The monoisotopic (exact) mass is 279 g/mol. The molecule has 20 heavy (non-hydrogen) atoms. The van der Waals surface area contributed by atoms with Gasteiger partial charge in [-0.25, -0.2) is 9.18 Å². The van der Waals surface area contributed by atoms with Gasteiger partial charge in [0.2, 0.25) is 0 Å². The lowest BCUT2D eigenvalue weighted by atomic mass is 9.97. The first-order valence-electron chi connectivity index (χ1n) is 7.37. The maximum atomic E-state index is 13.9. The molecule has 1 fully saturated rings. The number of nitrogens with zero attached hydrogens (tertiary/aromatic N) is 1. The van der Waals surface area contributed by atoms with Gasteiger partial charge in [0, 0.05) is 18.2 Å². The van der Waals surface area contributed by atoms with Crippen LogP contribution in [-0.4, -0.2) is 28.6 Å². The molecule has 1 heterocycles. The fourth-order valence-electron chi connectivity index (χ4n) is 2.98. The zero-order valence-electron chi connectivity index (χ0n) is 11.9. The van der Waals surface area contributed by atoms with Crippen molar-refractivity contribution in [3.8, 4) is 0 Å². The van der Waals surface area contributed by atoms with E-state index in [0.29, 0.717) is 18.2 Å². The Morgan fingerprint density at radius 3 is 2.95 bits per heavy atom. The summed E-state index contributed by atoms with van der Waals surface area (Å²) < 4.78 is 13.9. The lowest BCUT2D eigenvalue weighted by Gasteiger charge is -2.35. The summed E-state index contributed by atoms with van der Waals surface area (Å²) in [6, 6.07) is 4.55. The Bertz CT molecular complexity index is 474. The number of benzene rings is 1. The van der Waals surface area contributed by atoms with E-state index in [4.69, 9.17) is 5.11 Å². The van der Waals surface area contributed by atoms with Gasteiger partial charge in [-0.1, -0.05) is 19.8 Å². The highest BCUT2D eigenvalue weighted by Gasteiger charge is 2.22. The smallest absolute Gasteiger partial charge is 0.335 e. The number of carboxylic acids is 1. The molecule has 0 bridgehead atoms. The van der Waals surface area contributed by atoms with Crippen LogP contribution in [0.3, 0.4) is 0 Å². The van der Waals surface area contributed by atoms with E-state index in [9.17, 15) is 9.18 Å². The molecule has 1 atom stereocenters. The van der Waals surface area contributed by atoms with Crippen molar-refractivity contribution in [2.45, 2.75) is 51.6 Å². The molecule has 1 aromatic rings. The summed E-state index contributed by atoms with van der Waals surface area (Å²) in [5, 5.41) is 9.01. The number of carbonyl (C=O) groups is 1. The second-order valence-corrected chi connectivity index (χ2v) is 5.52. The first-order valence-corrected chi connectivity index (χ1v) is 7.37. The van der Waals surface area contributed by atoms with E-state index in [2.05, 4.69) is 11.8 Å². The summed E-state index contributed by atoms with van der Waals surface area (Å²) in [5.74, 6) is -1.31. The highest BCUT2D eigenvalue weighted by Crippen LogP contribution is 2.24. The number of carboxylic acid groups (broad SMARTS) is 1. The van der Waals surface area contributed by atoms with Crippen molar-refractivity contribution in [3.63, 3.8) is 0 Å². The van der Waals surface area contributed by atoms with Crippen molar-refractivity contribution >= 4 is 5.97 Å². The third kappa shape index (κ3) is 3.57. The lowest BCUT2D eigenvalue weighted by molar-refractivity contribution is 0.0696. The van der Waals surface area contributed by atoms with Gasteiger partial charge < -0.3 is 5.11 Å². The van der Waals surface area contributed by atoms with E-state index >= 15 is 0 Å². The van der Waals surface area contributed by atoms with Gasteiger partial charge in [-0.2, -0.15) is 0 Å². The Morgan fingerprint density at radius 1 is 1.45 bits per heavy atom. The molecule has 3 nitrogen and oxygen atoms in total. The van der Waals surface area contributed by atoms with E-state index in [0.717, 1.165) is 32.2 Å². The molecule has 110 valence electrons. The minimum atomic E-state index is -1.00. The predicted octanol–water partition coefficient (Wildman–Crippen LogP) is 3.68. The van der Waals surface area contributed by atoms with E-state index in [1.165, 1.54) is 24.6 Å². The normalized spacial score (nSPS) is 20.0. The van der Waals surface area contributed by atoms with Crippen LogP contribution in [0.1, 0.15) is 54.9 Å². The Hall–Kier alpha value is -1.42. The van der Waals surface area contributed by atoms with Crippen molar-refractivity contribution in [2.75, 3.05) is 6.54 Å². The zero-order chi connectivity index (χ0) is 14.5. The van der Waals surface area contributed by atoms with Crippen molar-refractivity contribution in [3.05, 3.63) is 35.1 Å². The van der Waals surface area contributed by atoms with Crippen LogP contribution in [0.2, 0.25) is 0 Å². The Labute approximate surface area is 119 Å². The van der Waals surface area contributed by atoms with Crippen LogP contribution in [0, 0.1) is 5.82 Å². The number of rotatable bonds is 5. The Morgan fingerprint density at radius 2 is 2.25 bits per heavy atom. The minimum absolute atomic E-state index is 0.158. The van der Waals surface area contributed by atoms with Crippen LogP contribution in [0.4, 0.5) is 4.39 Å². The zero-order valence-corrected chi connectivity index (χ0v) is 11.9. The van der Waals surface area contributed by atoms with Crippen molar-refractivity contribution in [1.29, 1.82) is 0 Å². The molecule has 1 aromatic carbocycles. The maximum absolute atomic E-state index is 13.9. The number of halogens is 1. The number of hydrogen-bond acceptors (Lipinski definition) is 2. The molecule has 2 rings (SSSR count). The van der Waals surface area contributed by atoms with Crippen molar-refractivity contribution in [1.82, 2.24) is 4.90 Å². The van der Waals surface area contributed by atoms with E-state index in [-0.39, 0.29) is 11.4 Å². The number of likely N-dealkylation sites (tertiary alicyclic amines) is 1. The summed E-state index contributed by atoms with van der Waals surface area (Å²) in [6.45, 7) is 3.65. The second kappa shape index (κ2) is 6.84. The van der Waals surface area contributed by atoms with Gasteiger partial charge in [0.1, 0.15) is 5.82 Å². The van der Waals surface area contributed by atoms with Crippen LogP contribution in [0.5, 0.6) is 0 Å². The first kappa shape index (κ1) is 15.0. The Balaban J connectivity index is 2.14. The third-order valence-electron chi connectivity index (χ3n) is 4.04. The van der Waals surface area contributed by atoms with Gasteiger partial charge in [0.05, 0.1) is 5.56 Å². The van der Waals surface area contributed by atoms with E-state index in [1.807, 2.05) is 0 Å². The standard InChI is InChI=1S/C16H22FNO2/c1-2-5-14-6-3-4-9-18(14)11-13-10-12(16(19)20)7-8-15(13)17/h7-8,10,14H,2-6,9,11H2,1H3,(H,19,20). The molecule has 1 N–H and O–H groups in total. The van der Waals surface area contributed by atoms with Crippen molar-refractivity contribution in [2.24, 2.45) is 0 Å². The SMILES string of the molecule is CCCC1CCCCN1Cc1cc(C(=O)O)ccc1F. The molecule has 0 aliphatic carbocycles. The average Bonchev–Trinajstić information content (AvgIpc) is 2.43. The molecule has 0 radical (unpaired) electrons. The molecule has 0 spiro atoms. The minimum Gasteiger partial charge on any atom is -0.478 e. The molecule has 0 aromatic heterocycles. The summed E-state index contributed by atoms with van der Waals surface area (Å²) in [4.78, 5) is 13.3. The maximum Gasteiger partial charge on any atom is 0.335 e. The van der Waals surface area contributed by atoms with Gasteiger partial charge in [-0.15, -0.1) is 0 Å². The summed E-state index contributed by atoms with van der Waals surface area (Å²) >= 11 is 0. The molecular formula is C16H22FNO2. The van der Waals surface area contributed by atoms with Crippen LogP contribution in [-0.2, 0) is 6.54 Å². The largest absolute Gasteiger partial charge is 0.478 e. The van der Waals surface area contributed by atoms with Gasteiger partial charge in [0.15, 0.2) is 0 Å². The fourth-order valence-corrected chi connectivity index (χ4v) is 2.98. The molecule has 0 saturated carbocycles. The highest BCUT2D eigenvalue weighted by atomic mass is 19.1. The first-order chi connectivity index (χ1) is 9.61. The summed E-state index contributed by atoms with van der Waals surface area (Å²) in [5.41, 5.74) is 0.651. The van der Waals surface area contributed by atoms with Gasteiger partial charge in [0.25, 0.3) is 0 Å². The highest BCUT2D eigenvalue weighted by molar-refractivity contribution is 5.87. The molecule has 1 unspecified atom stereocenters. The molecule has 1 saturated heterocycles. The van der Waals surface area contributed by atoms with Crippen LogP contribution < -0.4 is 0 Å². The third-order valence-corrected chi connectivity index (χ3v) is 4.04. The second-order valence-electron chi connectivity index (χ2n) is 5.52. The average molecular weight is 279 g/mol. The predicted molar refractivity (Wildman–Crippen MR) is 76.3 cm³/mol. The molecule has 1 aliphatic heterocycles. The van der Waals surface area contributed by atoms with Crippen LogP contribution in [0.25, 0.3) is 0 Å². The lowest BCUT2D eigenvalue weighted by Crippen LogP contribution is -2.39. The Kier molecular flexibility index (Phi) is 5.12. The van der Waals surface area contributed by atoms with Gasteiger partial charge in [-0.05, 0) is 44.0 Å². The van der Waals surface area contributed by atoms with Crippen molar-refractivity contribution < 1.29 is 14.3 Å². The summed E-state index contributed by atoms with van der Waals surface area (Å²) in [7, 11) is 0. The quantitative estimate of drug-likeness (QED) is 0.894. The fraction of sp³-hybridized carbons (Fsp3) is 0.562. The van der Waals surface area contributed by atoms with E-state index < -0.39 is 5.97 Å². The molecule has 0 amide bonds. The van der Waals surface area contributed by atoms with Gasteiger partial charge >= 0.3 is 5.97 Å². The number of aromatic carboxylic acids is 1. The van der Waals surface area contributed by atoms with Crippen LogP contribution >= 0.6 is 0 Å². The molecule has 4 heteroatoms. The number of piperidine rings is 1. The molecule has 1 aliphatic rings. The van der Waals surface area contributed by atoms with Gasteiger partial charge in [-0.3, -0.25) is 4.90 Å². The van der Waals surface area contributed by atoms with Crippen LogP contribution in [0.15, 0.2) is 18.2 Å². The van der Waals surface area contributed by atoms with E-state index in [1.54, 1.807) is 0 Å². The summed E-state index contributed by atoms with van der Waals surface area (Å²) in [6.07, 6.45) is 5.78.